The first-order valence-electron chi connectivity index (χ1n) is 5.93. The minimum atomic E-state index is -0.625. The number of nitrogens with one attached hydrogen (secondary N) is 1. The summed E-state index contributed by atoms with van der Waals surface area (Å²) in [6.07, 6.45) is 1.51. The predicted octanol–water partition coefficient (Wildman–Crippen LogP) is 1.77. The lowest BCUT2D eigenvalue weighted by atomic mass is 9.62. The van der Waals surface area contributed by atoms with Crippen molar-refractivity contribution in [2.24, 2.45) is 17.1 Å². The average molecular weight is 283 g/mol. The van der Waals surface area contributed by atoms with Crippen LogP contribution in [0, 0.1) is 18.3 Å². The third-order valence-corrected chi connectivity index (χ3v) is 4.61. The van der Waals surface area contributed by atoms with Crippen molar-refractivity contribution in [2.75, 3.05) is 0 Å². The molecule has 0 aromatic carbocycles. The van der Waals surface area contributed by atoms with Gasteiger partial charge in [0.1, 0.15) is 0 Å². The summed E-state index contributed by atoms with van der Waals surface area (Å²) in [5, 5.41) is 5.85. The van der Waals surface area contributed by atoms with E-state index in [9.17, 15) is 4.79 Å². The van der Waals surface area contributed by atoms with E-state index in [-0.39, 0.29) is 5.91 Å². The van der Waals surface area contributed by atoms with E-state index in [0.29, 0.717) is 17.5 Å². The summed E-state index contributed by atoms with van der Waals surface area (Å²) in [5.41, 5.74) is 5.99. The van der Waals surface area contributed by atoms with Gasteiger partial charge in [-0.15, -0.1) is 11.3 Å². The molecule has 0 aliphatic heterocycles. The number of hydrogen-bond acceptors (Lipinski definition) is 4. The van der Waals surface area contributed by atoms with E-state index in [1.54, 1.807) is 11.3 Å². The Morgan fingerprint density at radius 3 is 2.83 bits per heavy atom. The average Bonchev–Trinajstić information content (AvgIpc) is 2.67. The van der Waals surface area contributed by atoms with E-state index >= 15 is 0 Å². The molecular formula is C12H17N3OS2. The van der Waals surface area contributed by atoms with Crippen molar-refractivity contribution in [1.82, 2.24) is 10.3 Å². The molecule has 1 aliphatic rings. The van der Waals surface area contributed by atoms with Gasteiger partial charge in [0, 0.05) is 5.38 Å². The highest BCUT2D eigenvalue weighted by Gasteiger charge is 2.50. The Morgan fingerprint density at radius 2 is 2.39 bits per heavy atom. The van der Waals surface area contributed by atoms with E-state index in [2.05, 4.69) is 17.2 Å². The lowest BCUT2D eigenvalue weighted by Gasteiger charge is -2.44. The third-order valence-electron chi connectivity index (χ3n) is 3.40. The van der Waals surface area contributed by atoms with Crippen LogP contribution in [0.2, 0.25) is 0 Å². The van der Waals surface area contributed by atoms with Gasteiger partial charge in [-0.25, -0.2) is 4.98 Å². The van der Waals surface area contributed by atoms with Crippen molar-refractivity contribution in [3.05, 3.63) is 16.1 Å². The van der Waals surface area contributed by atoms with Crippen molar-refractivity contribution in [3.8, 4) is 0 Å². The van der Waals surface area contributed by atoms with Gasteiger partial charge in [-0.1, -0.05) is 19.1 Å². The van der Waals surface area contributed by atoms with E-state index in [1.807, 2.05) is 12.3 Å². The van der Waals surface area contributed by atoms with Crippen molar-refractivity contribution in [1.29, 1.82) is 0 Å². The highest BCUT2D eigenvalue weighted by molar-refractivity contribution is 7.80. The van der Waals surface area contributed by atoms with Gasteiger partial charge in [-0.05, 0) is 25.7 Å². The summed E-state index contributed by atoms with van der Waals surface area (Å²) in [6.45, 7) is 4.50. The first-order chi connectivity index (χ1) is 8.44. The molecule has 1 amide bonds. The fraction of sp³-hybridized carbons (Fsp3) is 0.583. The number of nitrogens with zero attached hydrogens (tertiary/aromatic N) is 1. The van der Waals surface area contributed by atoms with E-state index in [4.69, 9.17) is 18.0 Å². The molecule has 18 heavy (non-hydrogen) atoms. The van der Waals surface area contributed by atoms with Gasteiger partial charge in [0.25, 0.3) is 0 Å². The summed E-state index contributed by atoms with van der Waals surface area (Å²) in [5.74, 6) is 0.456. The van der Waals surface area contributed by atoms with Crippen LogP contribution in [0.4, 0.5) is 0 Å². The van der Waals surface area contributed by atoms with E-state index < -0.39 is 5.41 Å². The first kappa shape index (κ1) is 13.4. The summed E-state index contributed by atoms with van der Waals surface area (Å²) in [7, 11) is 0. The van der Waals surface area contributed by atoms with Gasteiger partial charge in [0.05, 0.1) is 27.6 Å². The van der Waals surface area contributed by atoms with Crippen molar-refractivity contribution in [3.63, 3.8) is 0 Å². The highest BCUT2D eigenvalue weighted by atomic mass is 32.1. The van der Waals surface area contributed by atoms with Gasteiger partial charge >= 0.3 is 0 Å². The minimum absolute atomic E-state index is 0.0567. The molecule has 0 radical (unpaired) electrons. The lowest BCUT2D eigenvalue weighted by Crippen LogP contribution is -2.55. The van der Waals surface area contributed by atoms with Crippen molar-refractivity contribution < 1.29 is 4.79 Å². The van der Waals surface area contributed by atoms with Crippen LogP contribution in [0.1, 0.15) is 30.5 Å². The Labute approximate surface area is 116 Å². The molecule has 0 atom stereocenters. The van der Waals surface area contributed by atoms with Gasteiger partial charge < -0.3 is 11.1 Å². The number of carbonyl (C=O) groups is 1. The maximum atomic E-state index is 12.2. The van der Waals surface area contributed by atoms with Crippen LogP contribution in [-0.4, -0.2) is 15.9 Å². The molecule has 1 heterocycles. The maximum Gasteiger partial charge on any atom is 0.233 e. The van der Waals surface area contributed by atoms with Crippen LogP contribution < -0.4 is 11.1 Å². The zero-order chi connectivity index (χ0) is 13.3. The van der Waals surface area contributed by atoms with Crippen molar-refractivity contribution >= 4 is 34.5 Å². The Morgan fingerprint density at radius 1 is 1.72 bits per heavy atom. The molecule has 1 aromatic rings. The molecule has 1 aliphatic carbocycles. The number of aromatic nitrogens is 1. The number of aryl methyl sites for hydroxylation is 1. The monoisotopic (exact) mass is 283 g/mol. The number of thiazole rings is 1. The first-order valence-corrected chi connectivity index (χ1v) is 7.22. The quantitative estimate of drug-likeness (QED) is 0.826. The number of hydrogen-bond donors (Lipinski definition) is 2. The molecule has 4 nitrogen and oxygen atoms in total. The van der Waals surface area contributed by atoms with Crippen LogP contribution in [0.15, 0.2) is 5.38 Å². The van der Waals surface area contributed by atoms with Crippen LogP contribution >= 0.6 is 23.6 Å². The smallest absolute Gasteiger partial charge is 0.233 e. The van der Waals surface area contributed by atoms with Gasteiger partial charge in [0.2, 0.25) is 5.91 Å². The Balaban J connectivity index is 1.97. The SMILES string of the molecule is Cc1nc(CNC(=O)C2(C(N)=S)CC(C)C2)cs1. The summed E-state index contributed by atoms with van der Waals surface area (Å²) < 4.78 is 0. The highest BCUT2D eigenvalue weighted by Crippen LogP contribution is 2.45. The maximum absolute atomic E-state index is 12.2. The molecule has 6 heteroatoms. The number of amides is 1. The van der Waals surface area contributed by atoms with Crippen LogP contribution in [-0.2, 0) is 11.3 Å². The van der Waals surface area contributed by atoms with Crippen LogP contribution in [0.5, 0.6) is 0 Å². The number of carbonyl (C=O) groups excluding carboxylic acids is 1. The zero-order valence-corrected chi connectivity index (χ0v) is 12.2. The Bertz CT molecular complexity index is 477. The zero-order valence-electron chi connectivity index (χ0n) is 10.5. The Hall–Kier alpha value is -1.01. The normalized spacial score (nSPS) is 26.4. The topological polar surface area (TPSA) is 68.0 Å². The van der Waals surface area contributed by atoms with E-state index in [0.717, 1.165) is 23.5 Å². The molecule has 1 aromatic heterocycles. The molecule has 3 N–H and O–H groups in total. The molecule has 2 rings (SSSR count). The number of thiocarbonyl (C=S) groups is 1. The van der Waals surface area contributed by atoms with Gasteiger partial charge in [-0.3, -0.25) is 4.79 Å². The lowest BCUT2D eigenvalue weighted by molar-refractivity contribution is -0.133. The fourth-order valence-corrected chi connectivity index (χ4v) is 3.33. The largest absolute Gasteiger partial charge is 0.392 e. The molecule has 0 saturated heterocycles. The minimum Gasteiger partial charge on any atom is -0.392 e. The molecular weight excluding hydrogens is 266 g/mol. The number of nitrogens with two attached hydrogens (primary N) is 1. The predicted molar refractivity (Wildman–Crippen MR) is 76.3 cm³/mol. The second kappa shape index (κ2) is 4.93. The molecule has 1 fully saturated rings. The molecule has 0 bridgehead atoms. The van der Waals surface area contributed by atoms with Crippen LogP contribution in [0.25, 0.3) is 0 Å². The van der Waals surface area contributed by atoms with Crippen molar-refractivity contribution in [2.45, 2.75) is 33.2 Å². The summed E-state index contributed by atoms with van der Waals surface area (Å²) >= 11 is 6.63. The molecule has 0 unspecified atom stereocenters. The number of rotatable bonds is 4. The van der Waals surface area contributed by atoms with Crippen LogP contribution in [0.3, 0.4) is 0 Å². The summed E-state index contributed by atoms with van der Waals surface area (Å²) in [6, 6.07) is 0. The standard InChI is InChI=1S/C12H17N3OS2/c1-7-3-12(4-7,10(13)17)11(16)14-5-9-6-18-8(2)15-9/h6-7H,3-5H2,1-2H3,(H2,13,17)(H,14,16). The van der Waals surface area contributed by atoms with Gasteiger partial charge in [-0.2, -0.15) is 0 Å². The summed E-state index contributed by atoms with van der Waals surface area (Å²) in [4.78, 5) is 16.8. The molecule has 0 spiro atoms. The Kier molecular flexibility index (Phi) is 3.68. The molecule has 1 saturated carbocycles. The second-order valence-corrected chi connectivity index (χ2v) is 6.50. The van der Waals surface area contributed by atoms with Gasteiger partial charge in [0.15, 0.2) is 0 Å². The second-order valence-electron chi connectivity index (χ2n) is 5.00. The fourth-order valence-electron chi connectivity index (χ4n) is 2.46. The van der Waals surface area contributed by atoms with E-state index in [1.165, 1.54) is 0 Å². The third kappa shape index (κ3) is 2.40. The molecule has 98 valence electrons.